The molecule has 12 heteroatoms. The SMILES string of the molecule is Cl.O=C(Nc1ccc(OC2CCNCC2)cc1Cl)c1nc[nH]c1C(=O)Nc1nc2ccccc2[nH]1. The number of nitrogens with one attached hydrogen (secondary N) is 5. The van der Waals surface area contributed by atoms with Crippen molar-refractivity contribution in [2.75, 3.05) is 23.7 Å². The zero-order valence-corrected chi connectivity index (χ0v) is 20.0. The number of carbonyl (C=O) groups excluding carboxylic acids is 2. The molecule has 0 radical (unpaired) electrons. The average Bonchev–Trinajstić information content (AvgIpc) is 3.48. The van der Waals surface area contributed by atoms with Crippen LogP contribution in [0.2, 0.25) is 5.02 Å². The fourth-order valence-corrected chi connectivity index (χ4v) is 4.00. The van der Waals surface area contributed by atoms with Crippen LogP contribution in [0.1, 0.15) is 33.8 Å². The number of nitrogens with zero attached hydrogens (tertiary/aromatic N) is 2. The summed E-state index contributed by atoms with van der Waals surface area (Å²) in [5.41, 5.74) is 1.81. The summed E-state index contributed by atoms with van der Waals surface area (Å²) < 4.78 is 5.98. The molecule has 5 N–H and O–H groups in total. The van der Waals surface area contributed by atoms with Crippen molar-refractivity contribution in [2.45, 2.75) is 18.9 Å². The lowest BCUT2D eigenvalue weighted by Gasteiger charge is -2.24. The first kappa shape index (κ1) is 24.5. The molecule has 1 fully saturated rings. The van der Waals surface area contributed by atoms with Gasteiger partial charge in [0.2, 0.25) is 5.95 Å². The number of fused-ring (bicyclic) bond motifs is 1. The van der Waals surface area contributed by atoms with Gasteiger partial charge in [-0.15, -0.1) is 12.4 Å². The van der Waals surface area contributed by atoms with Crippen LogP contribution in [0.3, 0.4) is 0 Å². The van der Waals surface area contributed by atoms with E-state index in [1.807, 2.05) is 24.3 Å². The number of para-hydroxylation sites is 2. The van der Waals surface area contributed by atoms with Gasteiger partial charge < -0.3 is 25.3 Å². The Kier molecular flexibility index (Phi) is 7.54. The van der Waals surface area contributed by atoms with Gasteiger partial charge in [-0.2, -0.15) is 0 Å². The molecule has 5 rings (SSSR count). The summed E-state index contributed by atoms with van der Waals surface area (Å²) in [6.07, 6.45) is 3.26. The molecule has 0 unspecified atom stereocenters. The van der Waals surface area contributed by atoms with Crippen LogP contribution in [0.25, 0.3) is 11.0 Å². The zero-order chi connectivity index (χ0) is 23.5. The Morgan fingerprint density at radius 2 is 1.86 bits per heavy atom. The molecule has 1 aliphatic heterocycles. The van der Waals surface area contributed by atoms with Gasteiger partial charge in [0.05, 0.1) is 28.1 Å². The summed E-state index contributed by atoms with van der Waals surface area (Å²) in [6, 6.07) is 12.5. The first-order valence-electron chi connectivity index (χ1n) is 10.8. The Hall–Kier alpha value is -3.60. The number of imidazole rings is 2. The number of hydrogen-bond donors (Lipinski definition) is 5. The summed E-state index contributed by atoms with van der Waals surface area (Å²) in [5.74, 6) is -0.233. The molecule has 2 amide bonds. The molecule has 2 aromatic carbocycles. The second-order valence-corrected chi connectivity index (χ2v) is 8.25. The van der Waals surface area contributed by atoms with Gasteiger partial charge in [-0.25, -0.2) is 9.97 Å². The van der Waals surface area contributed by atoms with E-state index in [-0.39, 0.29) is 35.8 Å². The summed E-state index contributed by atoms with van der Waals surface area (Å²) >= 11 is 6.37. The molecule has 0 atom stereocenters. The second kappa shape index (κ2) is 10.8. The van der Waals surface area contributed by atoms with Crippen LogP contribution in [-0.4, -0.2) is 50.9 Å². The third kappa shape index (κ3) is 5.56. The van der Waals surface area contributed by atoms with E-state index >= 15 is 0 Å². The molecule has 3 heterocycles. The van der Waals surface area contributed by atoms with E-state index in [1.165, 1.54) is 6.33 Å². The topological polar surface area (TPSA) is 137 Å². The smallest absolute Gasteiger partial charge is 0.276 e. The Morgan fingerprint density at radius 3 is 2.63 bits per heavy atom. The minimum Gasteiger partial charge on any atom is -0.490 e. The third-order valence-corrected chi connectivity index (χ3v) is 5.79. The molecular formula is C23H23Cl2N7O3. The van der Waals surface area contributed by atoms with Crippen LogP contribution in [0, 0.1) is 0 Å². The number of amides is 2. The van der Waals surface area contributed by atoms with Gasteiger partial charge in [0.1, 0.15) is 17.5 Å². The van der Waals surface area contributed by atoms with Crippen molar-refractivity contribution in [3.8, 4) is 5.75 Å². The number of aromatic amines is 2. The summed E-state index contributed by atoms with van der Waals surface area (Å²) in [6.45, 7) is 1.84. The number of aromatic nitrogens is 4. The van der Waals surface area contributed by atoms with Gasteiger partial charge in [-0.1, -0.05) is 23.7 Å². The normalized spacial score (nSPS) is 13.7. The Morgan fingerprint density at radius 1 is 1.06 bits per heavy atom. The highest BCUT2D eigenvalue weighted by Gasteiger charge is 2.22. The summed E-state index contributed by atoms with van der Waals surface area (Å²) in [4.78, 5) is 39.7. The van der Waals surface area contributed by atoms with Gasteiger partial charge in [0.15, 0.2) is 5.69 Å². The minimum atomic E-state index is -0.579. The van der Waals surface area contributed by atoms with Crippen molar-refractivity contribution >= 4 is 58.5 Å². The van der Waals surface area contributed by atoms with Crippen molar-refractivity contribution < 1.29 is 14.3 Å². The molecule has 0 bridgehead atoms. The number of halogens is 2. The van der Waals surface area contributed by atoms with E-state index in [0.29, 0.717) is 22.0 Å². The maximum Gasteiger partial charge on any atom is 0.276 e. The summed E-state index contributed by atoms with van der Waals surface area (Å²) in [7, 11) is 0. The lowest BCUT2D eigenvalue weighted by atomic mass is 10.1. The molecule has 0 saturated carbocycles. The van der Waals surface area contributed by atoms with Crippen molar-refractivity contribution in [2.24, 2.45) is 0 Å². The number of piperidine rings is 1. The van der Waals surface area contributed by atoms with Gasteiger partial charge in [-0.05, 0) is 50.2 Å². The molecule has 35 heavy (non-hydrogen) atoms. The standard InChI is InChI=1S/C23H22ClN7O3.ClH/c24-15-11-14(34-13-7-9-25-10-8-13)5-6-16(15)28-21(32)19-20(27-12-26-19)22(33)31-23-29-17-3-1-2-4-18(17)30-23;/h1-6,11-13,25H,7-10H2,(H,26,27)(H,28,32)(H2,29,30,31,33);1H. The maximum atomic E-state index is 12.9. The van der Waals surface area contributed by atoms with Crippen molar-refractivity contribution in [3.05, 3.63) is 65.2 Å². The van der Waals surface area contributed by atoms with E-state index in [9.17, 15) is 9.59 Å². The van der Waals surface area contributed by atoms with Gasteiger partial charge >= 0.3 is 0 Å². The fraction of sp³-hybridized carbons (Fsp3) is 0.217. The Bertz CT molecular complexity index is 1310. The number of rotatable bonds is 6. The van der Waals surface area contributed by atoms with Crippen molar-refractivity contribution in [1.82, 2.24) is 25.3 Å². The van der Waals surface area contributed by atoms with Crippen LogP contribution >= 0.6 is 24.0 Å². The minimum absolute atomic E-state index is 0. The van der Waals surface area contributed by atoms with Crippen LogP contribution in [0.15, 0.2) is 48.8 Å². The molecule has 1 saturated heterocycles. The van der Waals surface area contributed by atoms with Crippen molar-refractivity contribution in [1.29, 1.82) is 0 Å². The fourth-order valence-electron chi connectivity index (χ4n) is 3.78. The first-order chi connectivity index (χ1) is 16.6. The highest BCUT2D eigenvalue weighted by molar-refractivity contribution is 6.34. The highest BCUT2D eigenvalue weighted by atomic mass is 35.5. The molecule has 4 aromatic rings. The predicted octanol–water partition coefficient (Wildman–Crippen LogP) is 4.00. The Balaban J connectivity index is 0.00000289. The number of anilines is 2. The monoisotopic (exact) mass is 515 g/mol. The van der Waals surface area contributed by atoms with Crippen molar-refractivity contribution in [3.63, 3.8) is 0 Å². The van der Waals surface area contributed by atoms with E-state index in [0.717, 1.165) is 31.4 Å². The van der Waals surface area contributed by atoms with Crippen LogP contribution in [0.5, 0.6) is 5.75 Å². The lowest BCUT2D eigenvalue weighted by molar-refractivity contribution is 0.0985. The Labute approximate surface area is 211 Å². The number of carbonyl (C=O) groups is 2. The lowest BCUT2D eigenvalue weighted by Crippen LogP contribution is -2.34. The van der Waals surface area contributed by atoms with Crippen LogP contribution < -0.4 is 20.7 Å². The van der Waals surface area contributed by atoms with E-state index in [4.69, 9.17) is 16.3 Å². The average molecular weight is 516 g/mol. The number of benzene rings is 2. The molecule has 0 spiro atoms. The zero-order valence-electron chi connectivity index (χ0n) is 18.4. The molecular weight excluding hydrogens is 493 g/mol. The number of H-pyrrole nitrogens is 2. The first-order valence-corrected chi connectivity index (χ1v) is 11.2. The molecule has 182 valence electrons. The molecule has 0 aliphatic carbocycles. The molecule has 2 aromatic heterocycles. The van der Waals surface area contributed by atoms with Crippen LogP contribution in [0.4, 0.5) is 11.6 Å². The van der Waals surface area contributed by atoms with Gasteiger partial charge in [0, 0.05) is 6.07 Å². The van der Waals surface area contributed by atoms with Gasteiger partial charge in [-0.3, -0.25) is 14.9 Å². The quantitative estimate of drug-likeness (QED) is 0.263. The third-order valence-electron chi connectivity index (χ3n) is 5.48. The largest absolute Gasteiger partial charge is 0.490 e. The number of hydrogen-bond acceptors (Lipinski definition) is 6. The summed E-state index contributed by atoms with van der Waals surface area (Å²) in [5, 5.41) is 8.96. The highest BCUT2D eigenvalue weighted by Crippen LogP contribution is 2.29. The molecule has 10 nitrogen and oxygen atoms in total. The van der Waals surface area contributed by atoms with Crippen LogP contribution in [-0.2, 0) is 0 Å². The maximum absolute atomic E-state index is 12.9. The van der Waals surface area contributed by atoms with Gasteiger partial charge in [0.25, 0.3) is 11.8 Å². The van der Waals surface area contributed by atoms with E-state index in [1.54, 1.807) is 18.2 Å². The van der Waals surface area contributed by atoms with E-state index in [2.05, 4.69) is 35.9 Å². The van der Waals surface area contributed by atoms with E-state index < -0.39 is 11.8 Å². The second-order valence-electron chi connectivity index (χ2n) is 7.85. The number of ether oxygens (including phenoxy) is 1. The molecule has 1 aliphatic rings. The predicted molar refractivity (Wildman–Crippen MR) is 136 cm³/mol.